The van der Waals surface area contributed by atoms with Gasteiger partial charge in [0.25, 0.3) is 11.8 Å². The van der Waals surface area contributed by atoms with Crippen molar-refractivity contribution in [2.24, 2.45) is 0 Å². The molecule has 1 aliphatic heterocycles. The van der Waals surface area contributed by atoms with Gasteiger partial charge in [-0.25, -0.2) is 0 Å². The van der Waals surface area contributed by atoms with Gasteiger partial charge in [0, 0.05) is 23.8 Å². The molecule has 1 aliphatic carbocycles. The Balaban J connectivity index is 1.72. The van der Waals surface area contributed by atoms with Crippen molar-refractivity contribution in [2.45, 2.75) is 70.4 Å². The number of likely N-dealkylation sites (tertiary alicyclic amines) is 1. The molecule has 3 rings (SSSR count). The Kier molecular flexibility index (Phi) is 5.13. The minimum Gasteiger partial charge on any atom is -0.380 e. The number of carbonyl (C=O) groups is 2. The molecular weight excluding hydrogens is 316 g/mol. The number of aryl methyl sites for hydroxylation is 1. The molecule has 0 radical (unpaired) electrons. The zero-order valence-electron chi connectivity index (χ0n) is 15.2. The lowest BCUT2D eigenvalue weighted by molar-refractivity contribution is -0.133. The van der Waals surface area contributed by atoms with E-state index in [1.807, 2.05) is 17.9 Å². The highest BCUT2D eigenvalue weighted by atomic mass is 16.3. The SMILES string of the molecule is Cc1cc(C(=O)N2CCCCC2C)ccc1NC(=O)C1(O)CCCC1. The molecule has 136 valence electrons. The lowest BCUT2D eigenvalue weighted by atomic mass is 10.00. The van der Waals surface area contributed by atoms with Gasteiger partial charge in [-0.05, 0) is 82.6 Å². The summed E-state index contributed by atoms with van der Waals surface area (Å²) in [6, 6.07) is 5.65. The molecule has 0 bridgehead atoms. The Morgan fingerprint density at radius 1 is 1.20 bits per heavy atom. The number of benzene rings is 1. The van der Waals surface area contributed by atoms with Crippen molar-refractivity contribution in [2.75, 3.05) is 11.9 Å². The molecule has 2 fully saturated rings. The molecule has 2 N–H and O–H groups in total. The summed E-state index contributed by atoms with van der Waals surface area (Å²) >= 11 is 0. The lowest BCUT2D eigenvalue weighted by Crippen LogP contribution is -2.42. The minimum absolute atomic E-state index is 0.0580. The van der Waals surface area contributed by atoms with E-state index in [1.165, 1.54) is 6.42 Å². The van der Waals surface area contributed by atoms with Gasteiger partial charge in [0.05, 0.1) is 0 Å². The smallest absolute Gasteiger partial charge is 0.256 e. The largest absolute Gasteiger partial charge is 0.380 e. The first-order valence-corrected chi connectivity index (χ1v) is 9.36. The van der Waals surface area contributed by atoms with Gasteiger partial charge < -0.3 is 15.3 Å². The monoisotopic (exact) mass is 344 g/mol. The van der Waals surface area contributed by atoms with Crippen LogP contribution in [0.15, 0.2) is 18.2 Å². The molecule has 5 nitrogen and oxygen atoms in total. The third-order valence-electron chi connectivity index (χ3n) is 5.64. The van der Waals surface area contributed by atoms with Crippen LogP contribution in [-0.2, 0) is 4.79 Å². The van der Waals surface area contributed by atoms with Crippen LogP contribution in [0.4, 0.5) is 5.69 Å². The number of piperidine rings is 1. The van der Waals surface area contributed by atoms with Gasteiger partial charge in [0.2, 0.25) is 0 Å². The number of hydrogen-bond donors (Lipinski definition) is 2. The summed E-state index contributed by atoms with van der Waals surface area (Å²) in [6.07, 6.45) is 6.08. The maximum Gasteiger partial charge on any atom is 0.256 e. The van der Waals surface area contributed by atoms with Crippen molar-refractivity contribution in [1.82, 2.24) is 4.90 Å². The molecule has 1 heterocycles. The van der Waals surface area contributed by atoms with Crippen molar-refractivity contribution >= 4 is 17.5 Å². The highest BCUT2D eigenvalue weighted by Crippen LogP contribution is 2.31. The Hall–Kier alpha value is -1.88. The predicted octanol–water partition coefficient (Wildman–Crippen LogP) is 3.25. The number of rotatable bonds is 3. The number of hydrogen-bond acceptors (Lipinski definition) is 3. The van der Waals surface area contributed by atoms with Crippen molar-refractivity contribution in [3.8, 4) is 0 Å². The maximum atomic E-state index is 12.8. The molecule has 1 saturated carbocycles. The van der Waals surface area contributed by atoms with Crippen LogP contribution in [-0.4, -0.2) is 40.0 Å². The number of nitrogens with one attached hydrogen (secondary N) is 1. The van der Waals surface area contributed by atoms with Crippen molar-refractivity contribution in [3.05, 3.63) is 29.3 Å². The third-order valence-corrected chi connectivity index (χ3v) is 5.64. The summed E-state index contributed by atoms with van der Waals surface area (Å²) in [5.74, 6) is -0.278. The fraction of sp³-hybridized carbons (Fsp3) is 0.600. The number of nitrogens with zero attached hydrogens (tertiary/aromatic N) is 1. The highest BCUT2D eigenvalue weighted by molar-refractivity contribution is 5.99. The molecule has 1 aromatic rings. The molecule has 2 amide bonds. The van der Waals surface area contributed by atoms with E-state index in [1.54, 1.807) is 12.1 Å². The van der Waals surface area contributed by atoms with Gasteiger partial charge in [0.1, 0.15) is 5.60 Å². The van der Waals surface area contributed by atoms with Crippen molar-refractivity contribution in [3.63, 3.8) is 0 Å². The van der Waals surface area contributed by atoms with Crippen molar-refractivity contribution in [1.29, 1.82) is 0 Å². The van der Waals surface area contributed by atoms with E-state index in [2.05, 4.69) is 12.2 Å². The predicted molar refractivity (Wildman–Crippen MR) is 97.6 cm³/mol. The number of amides is 2. The van der Waals surface area contributed by atoms with Crippen LogP contribution in [0.1, 0.15) is 67.8 Å². The summed E-state index contributed by atoms with van der Waals surface area (Å²) in [6.45, 7) is 4.79. The third kappa shape index (κ3) is 3.71. The van der Waals surface area contributed by atoms with E-state index in [4.69, 9.17) is 0 Å². The Labute approximate surface area is 149 Å². The molecule has 1 unspecified atom stereocenters. The van der Waals surface area contributed by atoms with Crippen LogP contribution in [0, 0.1) is 6.92 Å². The van der Waals surface area contributed by atoms with Crippen LogP contribution in [0.5, 0.6) is 0 Å². The van der Waals surface area contributed by atoms with Crippen molar-refractivity contribution < 1.29 is 14.7 Å². The van der Waals surface area contributed by atoms with Gasteiger partial charge in [-0.15, -0.1) is 0 Å². The fourth-order valence-electron chi connectivity index (χ4n) is 3.93. The zero-order valence-corrected chi connectivity index (χ0v) is 15.2. The average Bonchev–Trinajstić information content (AvgIpc) is 3.04. The molecule has 0 aromatic heterocycles. The summed E-state index contributed by atoms with van der Waals surface area (Å²) in [4.78, 5) is 27.1. The molecule has 5 heteroatoms. The van der Waals surface area contributed by atoms with Crippen LogP contribution < -0.4 is 5.32 Å². The molecule has 0 spiro atoms. The van der Waals surface area contributed by atoms with E-state index in [0.717, 1.165) is 37.8 Å². The van der Waals surface area contributed by atoms with Crippen LogP contribution in [0.3, 0.4) is 0 Å². The molecule has 2 aliphatic rings. The van der Waals surface area contributed by atoms with E-state index in [-0.39, 0.29) is 17.9 Å². The lowest BCUT2D eigenvalue weighted by Gasteiger charge is -2.33. The average molecular weight is 344 g/mol. The minimum atomic E-state index is -1.25. The Bertz CT molecular complexity index is 665. The zero-order chi connectivity index (χ0) is 18.0. The number of aliphatic hydroxyl groups is 1. The summed E-state index contributed by atoms with van der Waals surface area (Å²) in [5.41, 5.74) is 0.910. The van der Waals surface area contributed by atoms with Gasteiger partial charge in [-0.2, -0.15) is 0 Å². The summed E-state index contributed by atoms with van der Waals surface area (Å²) in [7, 11) is 0. The van der Waals surface area contributed by atoms with Gasteiger partial charge in [0.15, 0.2) is 0 Å². The molecular formula is C20H28N2O3. The maximum absolute atomic E-state index is 12.8. The fourth-order valence-corrected chi connectivity index (χ4v) is 3.93. The van der Waals surface area contributed by atoms with E-state index >= 15 is 0 Å². The van der Waals surface area contributed by atoms with Gasteiger partial charge >= 0.3 is 0 Å². The van der Waals surface area contributed by atoms with E-state index in [9.17, 15) is 14.7 Å². The first-order valence-electron chi connectivity index (χ1n) is 9.36. The second-order valence-electron chi connectivity index (χ2n) is 7.57. The number of anilines is 1. The second kappa shape index (κ2) is 7.16. The molecule has 1 aromatic carbocycles. The first-order chi connectivity index (χ1) is 11.9. The first kappa shape index (κ1) is 17.9. The second-order valence-corrected chi connectivity index (χ2v) is 7.57. The van der Waals surface area contributed by atoms with Crippen LogP contribution in [0.2, 0.25) is 0 Å². The molecule has 1 saturated heterocycles. The van der Waals surface area contributed by atoms with Gasteiger partial charge in [-0.3, -0.25) is 9.59 Å². The van der Waals surface area contributed by atoms with E-state index < -0.39 is 5.60 Å². The van der Waals surface area contributed by atoms with Gasteiger partial charge in [-0.1, -0.05) is 0 Å². The Morgan fingerprint density at radius 2 is 1.92 bits per heavy atom. The highest BCUT2D eigenvalue weighted by Gasteiger charge is 2.39. The normalized spacial score (nSPS) is 22.7. The number of carbonyl (C=O) groups excluding carboxylic acids is 2. The van der Waals surface area contributed by atoms with Crippen LogP contribution >= 0.6 is 0 Å². The van der Waals surface area contributed by atoms with Crippen LogP contribution in [0.25, 0.3) is 0 Å². The quantitative estimate of drug-likeness (QED) is 0.884. The molecule has 1 atom stereocenters. The van der Waals surface area contributed by atoms with E-state index in [0.29, 0.717) is 24.1 Å². The summed E-state index contributed by atoms with van der Waals surface area (Å²) < 4.78 is 0. The Morgan fingerprint density at radius 3 is 2.56 bits per heavy atom. The summed E-state index contributed by atoms with van der Waals surface area (Å²) in [5, 5.41) is 13.2. The molecule has 25 heavy (non-hydrogen) atoms. The topological polar surface area (TPSA) is 69.6 Å². The standard InChI is InChI=1S/C20H28N2O3/c1-14-13-16(18(23)22-12-6-3-7-15(22)2)8-9-17(14)21-19(24)20(25)10-4-5-11-20/h8-9,13,15,25H,3-7,10-12H2,1-2H3,(H,21,24).